The van der Waals surface area contributed by atoms with E-state index in [0.717, 1.165) is 19.3 Å². The van der Waals surface area contributed by atoms with Crippen LogP contribution in [-0.2, 0) is 11.3 Å². The summed E-state index contributed by atoms with van der Waals surface area (Å²) in [6, 6.07) is 4.78. The van der Waals surface area contributed by atoms with Crippen LogP contribution in [0.4, 0.5) is 4.39 Å². The first-order valence-corrected chi connectivity index (χ1v) is 6.88. The molecule has 0 aromatic heterocycles. The van der Waals surface area contributed by atoms with Gasteiger partial charge in [0.2, 0.25) is 5.91 Å². The smallest absolute Gasteiger partial charge is 0.224 e. The summed E-state index contributed by atoms with van der Waals surface area (Å²) in [4.78, 5) is 11.7. The molecule has 2 rings (SSSR count). The number of rotatable bonds is 4. The molecule has 0 saturated heterocycles. The van der Waals surface area contributed by atoms with E-state index in [1.807, 2.05) is 0 Å². The Hall–Kier alpha value is -1.13. The van der Waals surface area contributed by atoms with E-state index in [2.05, 4.69) is 10.6 Å². The van der Waals surface area contributed by atoms with E-state index in [9.17, 15) is 9.18 Å². The van der Waals surface area contributed by atoms with E-state index in [4.69, 9.17) is 11.6 Å². The second-order valence-electron chi connectivity index (χ2n) is 4.87. The molecule has 104 valence electrons. The Kier molecular flexibility index (Phi) is 4.77. The van der Waals surface area contributed by atoms with Gasteiger partial charge in [-0.05, 0) is 25.0 Å². The van der Waals surface area contributed by atoms with Crippen LogP contribution in [0, 0.1) is 11.7 Å². The van der Waals surface area contributed by atoms with Crippen LogP contribution in [-0.4, -0.2) is 19.0 Å². The molecule has 0 unspecified atom stereocenters. The van der Waals surface area contributed by atoms with Gasteiger partial charge in [-0.15, -0.1) is 0 Å². The highest BCUT2D eigenvalue weighted by atomic mass is 35.5. The molecule has 19 heavy (non-hydrogen) atoms. The van der Waals surface area contributed by atoms with Crippen LogP contribution in [0.3, 0.4) is 0 Å². The average Bonchev–Trinajstić information content (AvgIpc) is 2.85. The molecule has 1 aliphatic rings. The molecule has 5 heteroatoms. The molecular weight excluding hydrogens is 267 g/mol. The maximum Gasteiger partial charge on any atom is 0.224 e. The zero-order chi connectivity index (χ0) is 13.8. The highest BCUT2D eigenvalue weighted by Gasteiger charge is 2.31. The molecule has 1 fully saturated rings. The summed E-state index contributed by atoms with van der Waals surface area (Å²) in [6.45, 7) is 0.418. The first-order chi connectivity index (χ1) is 9.11. The van der Waals surface area contributed by atoms with Gasteiger partial charge in [0.15, 0.2) is 0 Å². The minimum absolute atomic E-state index is 0.0136. The SMILES string of the molecule is CNC(=O)[C@@H]1CCC[C@@H]1NCc1ccc(Cl)cc1F. The topological polar surface area (TPSA) is 41.1 Å². The van der Waals surface area contributed by atoms with Crippen LogP contribution < -0.4 is 10.6 Å². The third-order valence-electron chi connectivity index (χ3n) is 3.67. The molecule has 1 saturated carbocycles. The summed E-state index contributed by atoms with van der Waals surface area (Å²) in [6.07, 6.45) is 2.87. The van der Waals surface area contributed by atoms with Crippen LogP contribution in [0.25, 0.3) is 0 Å². The number of nitrogens with one attached hydrogen (secondary N) is 2. The van der Waals surface area contributed by atoms with Gasteiger partial charge in [-0.2, -0.15) is 0 Å². The lowest BCUT2D eigenvalue weighted by atomic mass is 10.0. The summed E-state index contributed by atoms with van der Waals surface area (Å²) in [5.41, 5.74) is 0.576. The summed E-state index contributed by atoms with van der Waals surface area (Å²) < 4.78 is 13.6. The molecule has 2 atom stereocenters. The fourth-order valence-corrected chi connectivity index (χ4v) is 2.77. The predicted octanol–water partition coefficient (Wildman–Crippen LogP) is 2.48. The van der Waals surface area contributed by atoms with Gasteiger partial charge < -0.3 is 10.6 Å². The van der Waals surface area contributed by atoms with E-state index in [-0.39, 0.29) is 23.7 Å². The number of amides is 1. The van der Waals surface area contributed by atoms with Crippen LogP contribution in [0.1, 0.15) is 24.8 Å². The Morgan fingerprint density at radius 2 is 2.26 bits per heavy atom. The Morgan fingerprint density at radius 1 is 1.47 bits per heavy atom. The van der Waals surface area contributed by atoms with Crippen LogP contribution in [0.5, 0.6) is 0 Å². The Morgan fingerprint density at radius 3 is 2.95 bits per heavy atom. The molecule has 1 aromatic carbocycles. The van der Waals surface area contributed by atoms with Crippen molar-refractivity contribution in [2.24, 2.45) is 5.92 Å². The largest absolute Gasteiger partial charge is 0.359 e. The third kappa shape index (κ3) is 3.45. The Balaban J connectivity index is 1.96. The lowest BCUT2D eigenvalue weighted by Gasteiger charge is -2.20. The van der Waals surface area contributed by atoms with Gasteiger partial charge in [0.25, 0.3) is 0 Å². The van der Waals surface area contributed by atoms with Gasteiger partial charge in [0.05, 0.1) is 5.92 Å². The number of carbonyl (C=O) groups is 1. The van der Waals surface area contributed by atoms with E-state index in [1.165, 1.54) is 6.07 Å². The third-order valence-corrected chi connectivity index (χ3v) is 3.90. The molecular formula is C14H18ClFN2O. The maximum atomic E-state index is 13.6. The fraction of sp³-hybridized carbons (Fsp3) is 0.500. The molecule has 0 aliphatic heterocycles. The van der Waals surface area contributed by atoms with Gasteiger partial charge in [-0.3, -0.25) is 4.79 Å². The summed E-state index contributed by atoms with van der Waals surface area (Å²) >= 11 is 5.71. The second-order valence-corrected chi connectivity index (χ2v) is 5.31. The molecule has 0 radical (unpaired) electrons. The quantitative estimate of drug-likeness (QED) is 0.892. The Labute approximate surface area is 117 Å². The minimum Gasteiger partial charge on any atom is -0.359 e. The standard InChI is InChI=1S/C14H18ClFN2O/c1-17-14(19)11-3-2-4-13(11)18-8-9-5-6-10(15)7-12(9)16/h5-7,11,13,18H,2-4,8H2,1H3,(H,17,19)/t11-,13+/m1/s1. The van der Waals surface area contributed by atoms with Crippen molar-refractivity contribution in [3.8, 4) is 0 Å². The lowest BCUT2D eigenvalue weighted by molar-refractivity contribution is -0.124. The number of benzene rings is 1. The van der Waals surface area contributed by atoms with Crippen LogP contribution in [0.2, 0.25) is 5.02 Å². The fourth-order valence-electron chi connectivity index (χ4n) is 2.61. The zero-order valence-electron chi connectivity index (χ0n) is 10.9. The molecule has 3 nitrogen and oxygen atoms in total. The average molecular weight is 285 g/mol. The van der Waals surface area contributed by atoms with Gasteiger partial charge in [-0.25, -0.2) is 4.39 Å². The molecule has 1 amide bonds. The van der Waals surface area contributed by atoms with E-state index >= 15 is 0 Å². The van der Waals surface area contributed by atoms with Gasteiger partial charge >= 0.3 is 0 Å². The number of halogens is 2. The summed E-state index contributed by atoms with van der Waals surface area (Å²) in [7, 11) is 1.65. The predicted molar refractivity (Wildman–Crippen MR) is 73.4 cm³/mol. The van der Waals surface area contributed by atoms with Crippen molar-refractivity contribution in [1.82, 2.24) is 10.6 Å². The van der Waals surface area contributed by atoms with Crippen molar-refractivity contribution in [3.05, 3.63) is 34.6 Å². The van der Waals surface area contributed by atoms with Crippen molar-refractivity contribution < 1.29 is 9.18 Å². The molecule has 0 bridgehead atoms. The lowest BCUT2D eigenvalue weighted by Crippen LogP contribution is -2.40. The molecule has 2 N–H and O–H groups in total. The molecule has 1 aliphatic carbocycles. The van der Waals surface area contributed by atoms with Gasteiger partial charge in [-0.1, -0.05) is 24.1 Å². The maximum absolute atomic E-state index is 13.6. The number of carbonyl (C=O) groups excluding carboxylic acids is 1. The van der Waals surface area contributed by atoms with E-state index in [1.54, 1.807) is 19.2 Å². The van der Waals surface area contributed by atoms with Crippen LogP contribution >= 0.6 is 11.6 Å². The first-order valence-electron chi connectivity index (χ1n) is 6.50. The highest BCUT2D eigenvalue weighted by Crippen LogP contribution is 2.26. The van der Waals surface area contributed by atoms with E-state index in [0.29, 0.717) is 17.1 Å². The summed E-state index contributed by atoms with van der Waals surface area (Å²) in [5, 5.41) is 6.36. The van der Waals surface area contributed by atoms with Gasteiger partial charge in [0, 0.05) is 30.2 Å². The van der Waals surface area contributed by atoms with Crippen molar-refractivity contribution in [1.29, 1.82) is 0 Å². The first kappa shape index (κ1) is 14.3. The zero-order valence-corrected chi connectivity index (χ0v) is 11.6. The van der Waals surface area contributed by atoms with Crippen molar-refractivity contribution >= 4 is 17.5 Å². The normalized spacial score (nSPS) is 22.5. The van der Waals surface area contributed by atoms with Gasteiger partial charge in [0.1, 0.15) is 5.82 Å². The number of hydrogen-bond acceptors (Lipinski definition) is 2. The minimum atomic E-state index is -0.311. The molecule has 0 spiro atoms. The van der Waals surface area contributed by atoms with Crippen molar-refractivity contribution in [2.45, 2.75) is 31.8 Å². The molecule has 1 aromatic rings. The Bertz CT molecular complexity index is 467. The highest BCUT2D eigenvalue weighted by molar-refractivity contribution is 6.30. The van der Waals surface area contributed by atoms with Crippen LogP contribution in [0.15, 0.2) is 18.2 Å². The summed E-state index contributed by atoms with van der Waals surface area (Å²) in [5.74, 6) is -0.263. The molecule has 0 heterocycles. The van der Waals surface area contributed by atoms with Crippen molar-refractivity contribution in [3.63, 3.8) is 0 Å². The second kappa shape index (κ2) is 6.35. The monoisotopic (exact) mass is 284 g/mol. The van der Waals surface area contributed by atoms with Crippen molar-refractivity contribution in [2.75, 3.05) is 7.05 Å². The van der Waals surface area contributed by atoms with E-state index < -0.39 is 0 Å². The number of hydrogen-bond donors (Lipinski definition) is 2.